The summed E-state index contributed by atoms with van der Waals surface area (Å²) in [5.74, 6) is 0.439. The van der Waals surface area contributed by atoms with Gasteiger partial charge in [-0.05, 0) is 37.3 Å². The van der Waals surface area contributed by atoms with Gasteiger partial charge in [0.05, 0.1) is 6.61 Å². The molecular formula is C16H23NO3S. The van der Waals surface area contributed by atoms with Crippen LogP contribution in [0.25, 0.3) is 0 Å². The maximum Gasteiger partial charge on any atom is 0.325 e. The molecule has 0 bridgehead atoms. The van der Waals surface area contributed by atoms with Gasteiger partial charge in [-0.15, -0.1) is 0 Å². The number of rotatable bonds is 8. The lowest BCUT2D eigenvalue weighted by molar-refractivity contribution is -0.143. The molecule has 0 aromatic heterocycles. The van der Waals surface area contributed by atoms with E-state index in [9.17, 15) is 9.59 Å². The van der Waals surface area contributed by atoms with E-state index in [-0.39, 0.29) is 18.4 Å². The molecule has 0 radical (unpaired) electrons. The van der Waals surface area contributed by atoms with E-state index in [4.69, 9.17) is 4.74 Å². The lowest BCUT2D eigenvalue weighted by atomic mass is 10.1. The molecule has 0 unspecified atom stereocenters. The van der Waals surface area contributed by atoms with Gasteiger partial charge >= 0.3 is 5.97 Å². The SMILES string of the molecule is CCCN(CC(=O)OCC)C(=O)c1ccc(CSC)cc1. The number of amides is 1. The fourth-order valence-corrected chi connectivity index (χ4v) is 2.50. The molecule has 0 saturated carbocycles. The first-order chi connectivity index (χ1) is 10.1. The normalized spacial score (nSPS) is 10.2. The van der Waals surface area contributed by atoms with E-state index in [0.717, 1.165) is 12.2 Å². The van der Waals surface area contributed by atoms with E-state index < -0.39 is 0 Å². The summed E-state index contributed by atoms with van der Waals surface area (Å²) in [6.07, 6.45) is 2.84. The van der Waals surface area contributed by atoms with Crippen LogP contribution in [0.3, 0.4) is 0 Å². The topological polar surface area (TPSA) is 46.6 Å². The van der Waals surface area contributed by atoms with Crippen molar-refractivity contribution < 1.29 is 14.3 Å². The van der Waals surface area contributed by atoms with Crippen molar-refractivity contribution in [3.05, 3.63) is 35.4 Å². The molecule has 1 amide bonds. The van der Waals surface area contributed by atoms with Crippen molar-refractivity contribution in [2.75, 3.05) is 26.0 Å². The zero-order chi connectivity index (χ0) is 15.7. The number of esters is 1. The Labute approximate surface area is 130 Å². The third-order valence-corrected chi connectivity index (χ3v) is 3.54. The van der Waals surface area contributed by atoms with Crippen molar-refractivity contribution >= 4 is 23.6 Å². The van der Waals surface area contributed by atoms with E-state index in [1.165, 1.54) is 5.56 Å². The molecule has 0 atom stereocenters. The monoisotopic (exact) mass is 309 g/mol. The highest BCUT2D eigenvalue weighted by atomic mass is 32.2. The van der Waals surface area contributed by atoms with Crippen LogP contribution in [-0.4, -0.2) is 42.7 Å². The Hall–Kier alpha value is -1.49. The van der Waals surface area contributed by atoms with Crippen molar-refractivity contribution in [3.8, 4) is 0 Å². The third-order valence-electron chi connectivity index (χ3n) is 2.92. The fourth-order valence-electron chi connectivity index (χ4n) is 1.98. The lowest BCUT2D eigenvalue weighted by Crippen LogP contribution is -2.37. The summed E-state index contributed by atoms with van der Waals surface area (Å²) in [5, 5.41) is 0. The van der Waals surface area contributed by atoms with Gasteiger partial charge in [0, 0.05) is 17.9 Å². The molecule has 0 aliphatic rings. The molecule has 1 aromatic rings. The predicted molar refractivity (Wildman–Crippen MR) is 86.5 cm³/mol. The molecular weight excluding hydrogens is 286 g/mol. The maximum atomic E-state index is 12.5. The van der Waals surface area contributed by atoms with E-state index in [2.05, 4.69) is 0 Å². The van der Waals surface area contributed by atoms with Gasteiger partial charge in [-0.1, -0.05) is 19.1 Å². The Morgan fingerprint density at radius 3 is 2.38 bits per heavy atom. The minimum Gasteiger partial charge on any atom is -0.465 e. The number of nitrogens with zero attached hydrogens (tertiary/aromatic N) is 1. The van der Waals surface area contributed by atoms with E-state index in [0.29, 0.717) is 18.7 Å². The first-order valence-electron chi connectivity index (χ1n) is 7.15. The summed E-state index contributed by atoms with van der Waals surface area (Å²) in [6.45, 7) is 4.62. The maximum absolute atomic E-state index is 12.5. The van der Waals surface area contributed by atoms with Gasteiger partial charge in [0.25, 0.3) is 5.91 Å². The Kier molecular flexibility index (Phi) is 7.90. The molecule has 4 nitrogen and oxygen atoms in total. The Bertz CT molecular complexity index is 459. The highest BCUT2D eigenvalue weighted by Gasteiger charge is 2.18. The summed E-state index contributed by atoms with van der Waals surface area (Å²) in [4.78, 5) is 25.6. The zero-order valence-corrected chi connectivity index (χ0v) is 13.7. The van der Waals surface area contributed by atoms with Gasteiger partial charge in [-0.25, -0.2) is 0 Å². The first kappa shape index (κ1) is 17.6. The van der Waals surface area contributed by atoms with Crippen molar-refractivity contribution in [2.45, 2.75) is 26.0 Å². The third kappa shape index (κ3) is 5.79. The average Bonchev–Trinajstić information content (AvgIpc) is 2.47. The van der Waals surface area contributed by atoms with Crippen LogP contribution in [0.15, 0.2) is 24.3 Å². The number of benzene rings is 1. The van der Waals surface area contributed by atoms with Gasteiger partial charge in [0.2, 0.25) is 0 Å². The number of carbonyl (C=O) groups is 2. The Morgan fingerprint density at radius 2 is 1.86 bits per heavy atom. The molecule has 0 saturated heterocycles. The van der Waals surface area contributed by atoms with Crippen LogP contribution in [0, 0.1) is 0 Å². The molecule has 0 fully saturated rings. The quantitative estimate of drug-likeness (QED) is 0.693. The number of ether oxygens (including phenoxy) is 1. The molecule has 0 N–H and O–H groups in total. The van der Waals surface area contributed by atoms with Gasteiger partial charge in [0.15, 0.2) is 0 Å². The lowest BCUT2D eigenvalue weighted by Gasteiger charge is -2.21. The van der Waals surface area contributed by atoms with E-state index in [1.54, 1.807) is 23.6 Å². The second kappa shape index (κ2) is 9.45. The second-order valence-corrected chi connectivity index (χ2v) is 5.53. The van der Waals surface area contributed by atoms with Crippen LogP contribution in [0.2, 0.25) is 0 Å². The van der Waals surface area contributed by atoms with Crippen LogP contribution in [0.4, 0.5) is 0 Å². The summed E-state index contributed by atoms with van der Waals surface area (Å²) < 4.78 is 4.92. The van der Waals surface area contributed by atoms with Crippen LogP contribution in [-0.2, 0) is 15.3 Å². The molecule has 1 rings (SSSR count). The van der Waals surface area contributed by atoms with Crippen LogP contribution in [0.5, 0.6) is 0 Å². The minimum atomic E-state index is -0.363. The summed E-state index contributed by atoms with van der Waals surface area (Å²) in [6, 6.07) is 7.56. The smallest absolute Gasteiger partial charge is 0.325 e. The van der Waals surface area contributed by atoms with Gasteiger partial charge < -0.3 is 9.64 Å². The van der Waals surface area contributed by atoms with Gasteiger partial charge in [0.1, 0.15) is 6.54 Å². The van der Waals surface area contributed by atoms with Gasteiger partial charge in [-0.2, -0.15) is 11.8 Å². The van der Waals surface area contributed by atoms with Crippen LogP contribution >= 0.6 is 11.8 Å². The minimum absolute atomic E-state index is 0.00702. The van der Waals surface area contributed by atoms with E-state index >= 15 is 0 Å². The molecule has 5 heteroatoms. The summed E-state index contributed by atoms with van der Waals surface area (Å²) >= 11 is 1.74. The largest absolute Gasteiger partial charge is 0.465 e. The fraction of sp³-hybridized carbons (Fsp3) is 0.500. The molecule has 0 aliphatic heterocycles. The highest BCUT2D eigenvalue weighted by Crippen LogP contribution is 2.12. The van der Waals surface area contributed by atoms with Crippen molar-refractivity contribution in [2.24, 2.45) is 0 Å². The zero-order valence-electron chi connectivity index (χ0n) is 12.9. The van der Waals surface area contributed by atoms with Crippen LogP contribution in [0.1, 0.15) is 36.2 Å². The van der Waals surface area contributed by atoms with Crippen LogP contribution < -0.4 is 0 Å². The second-order valence-electron chi connectivity index (χ2n) is 4.66. The van der Waals surface area contributed by atoms with E-state index in [1.807, 2.05) is 37.4 Å². The highest BCUT2D eigenvalue weighted by molar-refractivity contribution is 7.97. The number of hydrogen-bond acceptors (Lipinski definition) is 4. The molecule has 1 aromatic carbocycles. The predicted octanol–water partition coefficient (Wildman–Crippen LogP) is 2.96. The number of hydrogen-bond donors (Lipinski definition) is 0. The Morgan fingerprint density at radius 1 is 1.19 bits per heavy atom. The number of carbonyl (C=O) groups excluding carboxylic acids is 2. The number of thioether (sulfide) groups is 1. The molecule has 21 heavy (non-hydrogen) atoms. The Balaban J connectivity index is 2.77. The molecule has 0 heterocycles. The summed E-state index contributed by atoms with van der Waals surface area (Å²) in [5.41, 5.74) is 1.80. The standard InChI is InChI=1S/C16H23NO3S/c1-4-10-17(11-15(18)20-5-2)16(19)14-8-6-13(7-9-14)12-21-3/h6-9H,4-5,10-12H2,1-3H3. The average molecular weight is 309 g/mol. The molecule has 0 aliphatic carbocycles. The van der Waals surface area contributed by atoms with Crippen molar-refractivity contribution in [1.82, 2.24) is 4.90 Å². The van der Waals surface area contributed by atoms with Gasteiger partial charge in [-0.3, -0.25) is 9.59 Å². The van der Waals surface area contributed by atoms with Crippen molar-refractivity contribution in [3.63, 3.8) is 0 Å². The summed E-state index contributed by atoms with van der Waals surface area (Å²) in [7, 11) is 0. The molecule has 0 spiro atoms. The molecule has 116 valence electrons. The van der Waals surface area contributed by atoms with Crippen molar-refractivity contribution in [1.29, 1.82) is 0 Å². The first-order valence-corrected chi connectivity index (χ1v) is 8.54.